The van der Waals surface area contributed by atoms with Gasteiger partial charge >= 0.3 is 0 Å². The van der Waals surface area contributed by atoms with Crippen LogP contribution in [0.4, 0.5) is 0 Å². The van der Waals surface area contributed by atoms with Crippen molar-refractivity contribution in [2.75, 3.05) is 52.5 Å². The number of nitrogens with one attached hydrogen (secondary N) is 1. The lowest BCUT2D eigenvalue weighted by atomic mass is 10.1. The predicted molar refractivity (Wildman–Crippen MR) is 107 cm³/mol. The summed E-state index contributed by atoms with van der Waals surface area (Å²) in [4.78, 5) is 17.4. The Labute approximate surface area is 166 Å². The molecule has 2 aliphatic rings. The van der Waals surface area contributed by atoms with Crippen LogP contribution < -0.4 is 14.8 Å². The molecule has 6 nitrogen and oxygen atoms in total. The van der Waals surface area contributed by atoms with Gasteiger partial charge in [0, 0.05) is 44.3 Å². The lowest BCUT2D eigenvalue weighted by molar-refractivity contribution is 0.0583. The summed E-state index contributed by atoms with van der Waals surface area (Å²) in [6, 6.07) is 4.07. The number of ether oxygens (including phenoxy) is 2. The molecule has 7 heteroatoms. The molecule has 1 N–H and O–H groups in total. The summed E-state index contributed by atoms with van der Waals surface area (Å²) >= 11 is 6.41. The lowest BCUT2D eigenvalue weighted by Gasteiger charge is -2.37. The van der Waals surface area contributed by atoms with Crippen molar-refractivity contribution in [2.24, 2.45) is 0 Å². The van der Waals surface area contributed by atoms with Crippen LogP contribution >= 0.6 is 11.6 Å². The average molecular weight is 396 g/mol. The van der Waals surface area contributed by atoms with Crippen molar-refractivity contribution in [3.63, 3.8) is 0 Å². The van der Waals surface area contributed by atoms with E-state index in [1.165, 1.54) is 6.42 Å². The van der Waals surface area contributed by atoms with Crippen LogP contribution in [0.1, 0.15) is 37.0 Å². The Morgan fingerprint density at radius 3 is 2.63 bits per heavy atom. The molecular weight excluding hydrogens is 366 g/mol. The monoisotopic (exact) mass is 395 g/mol. The van der Waals surface area contributed by atoms with Gasteiger partial charge in [0.15, 0.2) is 11.5 Å². The number of hydrogen-bond donors (Lipinski definition) is 1. The highest BCUT2D eigenvalue weighted by Crippen LogP contribution is 2.37. The van der Waals surface area contributed by atoms with Gasteiger partial charge in [-0.05, 0) is 38.4 Å². The zero-order valence-corrected chi connectivity index (χ0v) is 17.1. The maximum Gasteiger partial charge on any atom is 0.254 e. The van der Waals surface area contributed by atoms with Gasteiger partial charge in [0.1, 0.15) is 0 Å². The first-order valence-corrected chi connectivity index (χ1v) is 10.3. The second-order valence-electron chi connectivity index (χ2n) is 7.04. The van der Waals surface area contributed by atoms with Gasteiger partial charge < -0.3 is 19.7 Å². The summed E-state index contributed by atoms with van der Waals surface area (Å²) < 4.78 is 11.4. The van der Waals surface area contributed by atoms with E-state index >= 15 is 0 Å². The summed E-state index contributed by atoms with van der Waals surface area (Å²) in [7, 11) is 0. The quantitative estimate of drug-likeness (QED) is 0.769. The highest BCUT2D eigenvalue weighted by atomic mass is 35.5. The van der Waals surface area contributed by atoms with E-state index in [2.05, 4.69) is 10.2 Å². The highest BCUT2D eigenvalue weighted by Gasteiger charge is 2.29. The Balaban J connectivity index is 1.68. The molecule has 1 aromatic rings. The largest absolute Gasteiger partial charge is 0.490 e. The fourth-order valence-electron chi connectivity index (χ4n) is 3.72. The molecule has 1 amide bonds. The fourth-order valence-corrected chi connectivity index (χ4v) is 3.99. The second-order valence-corrected chi connectivity index (χ2v) is 7.45. The van der Waals surface area contributed by atoms with Crippen molar-refractivity contribution >= 4 is 17.5 Å². The van der Waals surface area contributed by atoms with Gasteiger partial charge in [-0.3, -0.25) is 9.69 Å². The first-order valence-electron chi connectivity index (χ1n) is 9.97. The molecule has 3 rings (SSSR count). The third kappa shape index (κ3) is 4.86. The van der Waals surface area contributed by atoms with Crippen molar-refractivity contribution in [1.29, 1.82) is 0 Å². The number of halogens is 1. The van der Waals surface area contributed by atoms with Gasteiger partial charge in [0.05, 0.1) is 18.2 Å². The molecule has 2 heterocycles. The zero-order chi connectivity index (χ0) is 19.2. The van der Waals surface area contributed by atoms with Crippen LogP contribution in [-0.2, 0) is 0 Å². The summed E-state index contributed by atoms with van der Waals surface area (Å²) in [5, 5.41) is 3.84. The molecule has 1 unspecified atom stereocenters. The standard InChI is InChI=1S/C20H30ClN3O3/c1-3-11-27-19-17(21)12-15(13-18(19)26-4-2)20(25)24-9-7-23(8-10-24)16-5-6-22-14-16/h12-13,16,22H,3-11,14H2,1-2H3. The van der Waals surface area contributed by atoms with E-state index in [1.807, 2.05) is 18.7 Å². The minimum atomic E-state index is 0.00379. The number of nitrogens with zero attached hydrogens (tertiary/aromatic N) is 2. The van der Waals surface area contributed by atoms with Gasteiger partial charge in [-0.25, -0.2) is 0 Å². The molecule has 0 aromatic heterocycles. The highest BCUT2D eigenvalue weighted by molar-refractivity contribution is 6.32. The van der Waals surface area contributed by atoms with Crippen LogP contribution in [0.25, 0.3) is 0 Å². The Morgan fingerprint density at radius 1 is 1.22 bits per heavy atom. The van der Waals surface area contributed by atoms with E-state index in [-0.39, 0.29) is 5.91 Å². The van der Waals surface area contributed by atoms with E-state index in [0.717, 1.165) is 45.7 Å². The van der Waals surface area contributed by atoms with E-state index in [9.17, 15) is 4.79 Å². The summed E-state index contributed by atoms with van der Waals surface area (Å²) in [6.45, 7) is 10.5. The van der Waals surface area contributed by atoms with Crippen LogP contribution in [-0.4, -0.2) is 74.2 Å². The predicted octanol–water partition coefficient (Wildman–Crippen LogP) is 2.65. The number of rotatable bonds is 7. The number of benzene rings is 1. The van der Waals surface area contributed by atoms with Crippen molar-refractivity contribution in [1.82, 2.24) is 15.1 Å². The molecule has 0 saturated carbocycles. The van der Waals surface area contributed by atoms with E-state index in [4.69, 9.17) is 21.1 Å². The Bertz CT molecular complexity index is 642. The summed E-state index contributed by atoms with van der Waals surface area (Å²) in [5.41, 5.74) is 0.559. The lowest BCUT2D eigenvalue weighted by Crippen LogP contribution is -2.52. The molecule has 1 aromatic carbocycles. The topological polar surface area (TPSA) is 54.0 Å². The molecule has 2 saturated heterocycles. The van der Waals surface area contributed by atoms with Gasteiger partial charge in [0.2, 0.25) is 0 Å². The van der Waals surface area contributed by atoms with E-state index in [0.29, 0.717) is 41.3 Å². The third-order valence-electron chi connectivity index (χ3n) is 5.16. The molecule has 0 aliphatic carbocycles. The smallest absolute Gasteiger partial charge is 0.254 e. The maximum absolute atomic E-state index is 13.0. The van der Waals surface area contributed by atoms with Crippen molar-refractivity contribution < 1.29 is 14.3 Å². The molecule has 27 heavy (non-hydrogen) atoms. The van der Waals surface area contributed by atoms with Gasteiger partial charge in [-0.15, -0.1) is 0 Å². The molecule has 2 aliphatic heterocycles. The number of amides is 1. The Hall–Kier alpha value is -1.50. The zero-order valence-electron chi connectivity index (χ0n) is 16.3. The molecule has 0 spiro atoms. The van der Waals surface area contributed by atoms with Crippen LogP contribution in [0.15, 0.2) is 12.1 Å². The first kappa shape index (κ1) is 20.2. The van der Waals surface area contributed by atoms with Crippen molar-refractivity contribution in [3.05, 3.63) is 22.7 Å². The van der Waals surface area contributed by atoms with Crippen LogP contribution in [0, 0.1) is 0 Å². The molecule has 1 atom stereocenters. The third-order valence-corrected chi connectivity index (χ3v) is 5.44. The Morgan fingerprint density at radius 2 is 2.00 bits per heavy atom. The first-order chi connectivity index (χ1) is 13.1. The van der Waals surface area contributed by atoms with Gasteiger partial charge in [-0.1, -0.05) is 18.5 Å². The SMILES string of the molecule is CCCOc1c(Cl)cc(C(=O)N2CCN(C3CCNC3)CC2)cc1OCC. The molecule has 150 valence electrons. The molecular formula is C20H30ClN3O3. The van der Waals surface area contributed by atoms with Gasteiger partial charge in [-0.2, -0.15) is 0 Å². The molecule has 0 bridgehead atoms. The number of carbonyl (C=O) groups excluding carboxylic acids is 1. The minimum absolute atomic E-state index is 0.00379. The van der Waals surface area contributed by atoms with E-state index < -0.39 is 0 Å². The summed E-state index contributed by atoms with van der Waals surface area (Å²) in [5.74, 6) is 1.07. The number of hydrogen-bond acceptors (Lipinski definition) is 5. The summed E-state index contributed by atoms with van der Waals surface area (Å²) in [6.07, 6.45) is 2.07. The van der Waals surface area contributed by atoms with Crippen LogP contribution in [0.3, 0.4) is 0 Å². The second kappa shape index (κ2) is 9.62. The fraction of sp³-hybridized carbons (Fsp3) is 0.650. The number of carbonyl (C=O) groups is 1. The van der Waals surface area contributed by atoms with Crippen LogP contribution in [0.2, 0.25) is 5.02 Å². The van der Waals surface area contributed by atoms with Crippen LogP contribution in [0.5, 0.6) is 11.5 Å². The van der Waals surface area contributed by atoms with Gasteiger partial charge in [0.25, 0.3) is 5.91 Å². The van der Waals surface area contributed by atoms with Crippen molar-refractivity contribution in [2.45, 2.75) is 32.7 Å². The molecule has 0 radical (unpaired) electrons. The van der Waals surface area contributed by atoms with Crippen molar-refractivity contribution in [3.8, 4) is 11.5 Å². The van der Waals surface area contributed by atoms with E-state index in [1.54, 1.807) is 12.1 Å². The minimum Gasteiger partial charge on any atom is -0.490 e. The normalized spacial score (nSPS) is 20.7. The average Bonchev–Trinajstić information content (AvgIpc) is 3.22. The number of piperazine rings is 1. The Kier molecular flexibility index (Phi) is 7.21. The molecule has 2 fully saturated rings. The maximum atomic E-state index is 13.0.